The van der Waals surface area contributed by atoms with Crippen LogP contribution in [0, 0.1) is 0 Å². The number of amides is 1. The van der Waals surface area contributed by atoms with Gasteiger partial charge in [0.25, 0.3) is 0 Å². The van der Waals surface area contributed by atoms with Crippen molar-refractivity contribution in [2.24, 2.45) is 0 Å². The number of benzene rings is 1. The molecule has 20 heavy (non-hydrogen) atoms. The van der Waals surface area contributed by atoms with Crippen molar-refractivity contribution in [3.8, 4) is 0 Å². The Hall–Kier alpha value is -1.43. The van der Waals surface area contributed by atoms with E-state index in [0.29, 0.717) is 15.2 Å². The van der Waals surface area contributed by atoms with Crippen LogP contribution in [0.1, 0.15) is 17.5 Å². The first-order chi connectivity index (χ1) is 9.56. The molecule has 0 aliphatic heterocycles. The number of halogens is 2. The van der Waals surface area contributed by atoms with Crippen LogP contribution >= 0.6 is 34.5 Å². The number of rotatable bonds is 4. The van der Waals surface area contributed by atoms with Gasteiger partial charge in [-0.25, -0.2) is 0 Å². The van der Waals surface area contributed by atoms with Gasteiger partial charge in [0.05, 0.1) is 0 Å². The Kier molecular flexibility index (Phi) is 5.11. The van der Waals surface area contributed by atoms with Gasteiger partial charge in [0.15, 0.2) is 0 Å². The van der Waals surface area contributed by atoms with Gasteiger partial charge in [0.1, 0.15) is 5.01 Å². The SMILES string of the molecule is CCc1nnc(NC(=O)/C=C/c2cc(Cl)cc(Cl)c2)s1. The topological polar surface area (TPSA) is 54.9 Å². The molecule has 1 N–H and O–H groups in total. The van der Waals surface area contributed by atoms with E-state index < -0.39 is 0 Å². The fraction of sp³-hybridized carbons (Fsp3) is 0.154. The smallest absolute Gasteiger partial charge is 0.250 e. The Morgan fingerprint density at radius 1 is 1.30 bits per heavy atom. The highest BCUT2D eigenvalue weighted by molar-refractivity contribution is 7.15. The van der Waals surface area contributed by atoms with Gasteiger partial charge in [0, 0.05) is 16.1 Å². The molecule has 0 fully saturated rings. The number of carbonyl (C=O) groups is 1. The number of aromatic nitrogens is 2. The molecule has 4 nitrogen and oxygen atoms in total. The van der Waals surface area contributed by atoms with E-state index >= 15 is 0 Å². The molecule has 0 saturated carbocycles. The molecular formula is C13H11Cl2N3OS. The van der Waals surface area contributed by atoms with Crippen LogP contribution in [0.15, 0.2) is 24.3 Å². The minimum Gasteiger partial charge on any atom is -0.297 e. The van der Waals surface area contributed by atoms with Crippen LogP contribution in [0.25, 0.3) is 6.08 Å². The second kappa shape index (κ2) is 6.83. The molecule has 0 spiro atoms. The highest BCUT2D eigenvalue weighted by atomic mass is 35.5. The van der Waals surface area contributed by atoms with Gasteiger partial charge < -0.3 is 0 Å². The van der Waals surface area contributed by atoms with E-state index in [-0.39, 0.29) is 5.91 Å². The van der Waals surface area contributed by atoms with Crippen LogP contribution in [0.4, 0.5) is 5.13 Å². The first kappa shape index (κ1) is 15.0. The standard InChI is InChI=1S/C13H11Cl2N3OS/c1-2-12-17-18-13(20-12)16-11(19)4-3-8-5-9(14)7-10(15)6-8/h3-7H,2H2,1H3,(H,16,18,19)/b4-3+. The largest absolute Gasteiger partial charge is 0.297 e. The lowest BCUT2D eigenvalue weighted by atomic mass is 10.2. The number of anilines is 1. The van der Waals surface area contributed by atoms with E-state index in [1.165, 1.54) is 17.4 Å². The summed E-state index contributed by atoms with van der Waals surface area (Å²) in [6.07, 6.45) is 3.83. The summed E-state index contributed by atoms with van der Waals surface area (Å²) in [5.74, 6) is -0.278. The molecule has 0 bridgehead atoms. The predicted molar refractivity (Wildman–Crippen MR) is 83.4 cm³/mol. The molecule has 2 rings (SSSR count). The van der Waals surface area contributed by atoms with Crippen molar-refractivity contribution in [2.45, 2.75) is 13.3 Å². The van der Waals surface area contributed by atoms with Crippen molar-refractivity contribution in [3.05, 3.63) is 44.9 Å². The van der Waals surface area contributed by atoms with Crippen molar-refractivity contribution in [2.75, 3.05) is 5.32 Å². The lowest BCUT2D eigenvalue weighted by Crippen LogP contribution is -2.07. The van der Waals surface area contributed by atoms with E-state index in [2.05, 4.69) is 15.5 Å². The van der Waals surface area contributed by atoms with Crippen molar-refractivity contribution in [1.29, 1.82) is 0 Å². The lowest BCUT2D eigenvalue weighted by Gasteiger charge is -1.97. The summed E-state index contributed by atoms with van der Waals surface area (Å²) >= 11 is 13.1. The highest BCUT2D eigenvalue weighted by Crippen LogP contribution is 2.20. The minimum absolute atomic E-state index is 0.278. The number of nitrogens with one attached hydrogen (secondary N) is 1. The zero-order valence-electron chi connectivity index (χ0n) is 10.6. The zero-order chi connectivity index (χ0) is 14.5. The summed E-state index contributed by atoms with van der Waals surface area (Å²) in [6, 6.07) is 5.07. The van der Waals surface area contributed by atoms with Crippen molar-refractivity contribution in [1.82, 2.24) is 10.2 Å². The summed E-state index contributed by atoms with van der Waals surface area (Å²) < 4.78 is 0. The molecule has 1 heterocycles. The summed E-state index contributed by atoms with van der Waals surface area (Å²) in [5.41, 5.74) is 0.754. The number of hydrogen-bond donors (Lipinski definition) is 1. The fourth-order valence-corrected chi connectivity index (χ4v) is 2.66. The summed E-state index contributed by atoms with van der Waals surface area (Å²) in [5, 5.41) is 12.9. The first-order valence-corrected chi connectivity index (χ1v) is 7.41. The van der Waals surface area contributed by atoms with E-state index in [0.717, 1.165) is 17.0 Å². The van der Waals surface area contributed by atoms with E-state index in [4.69, 9.17) is 23.2 Å². The minimum atomic E-state index is -0.278. The number of nitrogens with zero attached hydrogens (tertiary/aromatic N) is 2. The van der Waals surface area contributed by atoms with E-state index in [9.17, 15) is 4.79 Å². The predicted octanol–water partition coefficient (Wildman–Crippen LogP) is 4.06. The van der Waals surface area contributed by atoms with Gasteiger partial charge in [-0.05, 0) is 36.3 Å². The summed E-state index contributed by atoms with van der Waals surface area (Å²) in [6.45, 7) is 1.98. The maximum atomic E-state index is 11.7. The highest BCUT2D eigenvalue weighted by Gasteiger charge is 2.04. The molecule has 0 saturated heterocycles. The molecule has 2 aromatic rings. The monoisotopic (exact) mass is 327 g/mol. The van der Waals surface area contributed by atoms with Crippen LogP contribution in [0.5, 0.6) is 0 Å². The van der Waals surface area contributed by atoms with Crippen molar-refractivity contribution >= 4 is 51.7 Å². The van der Waals surface area contributed by atoms with Gasteiger partial charge in [-0.1, -0.05) is 41.5 Å². The summed E-state index contributed by atoms with van der Waals surface area (Å²) in [7, 11) is 0. The zero-order valence-corrected chi connectivity index (χ0v) is 12.9. The molecule has 7 heteroatoms. The van der Waals surface area contributed by atoms with E-state index in [1.807, 2.05) is 6.92 Å². The maximum Gasteiger partial charge on any atom is 0.250 e. The molecule has 104 valence electrons. The molecule has 0 radical (unpaired) electrons. The molecular weight excluding hydrogens is 317 g/mol. The van der Waals surface area contributed by atoms with Crippen LogP contribution in [-0.2, 0) is 11.2 Å². The normalized spacial score (nSPS) is 10.9. The Morgan fingerprint density at radius 3 is 2.60 bits per heavy atom. The van der Waals surface area contributed by atoms with Crippen molar-refractivity contribution in [3.63, 3.8) is 0 Å². The maximum absolute atomic E-state index is 11.7. The molecule has 0 atom stereocenters. The van der Waals surface area contributed by atoms with Crippen LogP contribution < -0.4 is 5.32 Å². The van der Waals surface area contributed by atoms with Crippen molar-refractivity contribution < 1.29 is 4.79 Å². The Labute approximate surface area is 130 Å². The third-order valence-corrected chi connectivity index (χ3v) is 3.73. The van der Waals surface area contributed by atoms with Gasteiger partial charge >= 0.3 is 0 Å². The Morgan fingerprint density at radius 2 is 2.00 bits per heavy atom. The fourth-order valence-electron chi connectivity index (χ4n) is 1.44. The van der Waals surface area contributed by atoms with Crippen LogP contribution in [0.3, 0.4) is 0 Å². The quantitative estimate of drug-likeness (QED) is 0.861. The summed E-state index contributed by atoms with van der Waals surface area (Å²) in [4.78, 5) is 11.7. The second-order valence-electron chi connectivity index (χ2n) is 3.88. The number of hydrogen-bond acceptors (Lipinski definition) is 4. The Bertz CT molecular complexity index is 635. The molecule has 1 aromatic carbocycles. The van der Waals surface area contributed by atoms with E-state index in [1.54, 1.807) is 24.3 Å². The van der Waals surface area contributed by atoms with Gasteiger partial charge in [-0.2, -0.15) is 0 Å². The Balaban J connectivity index is 2.01. The average Bonchev–Trinajstić information content (AvgIpc) is 2.83. The lowest BCUT2D eigenvalue weighted by molar-refractivity contribution is -0.111. The molecule has 1 aromatic heterocycles. The van der Waals surface area contributed by atoms with Crippen LogP contribution in [0.2, 0.25) is 10.0 Å². The second-order valence-corrected chi connectivity index (χ2v) is 5.81. The third kappa shape index (κ3) is 4.30. The van der Waals surface area contributed by atoms with Gasteiger partial charge in [-0.15, -0.1) is 10.2 Å². The first-order valence-electron chi connectivity index (χ1n) is 5.84. The molecule has 0 aliphatic carbocycles. The molecule has 1 amide bonds. The number of carbonyl (C=O) groups excluding carboxylic acids is 1. The molecule has 0 aliphatic rings. The molecule has 0 unspecified atom stereocenters. The van der Waals surface area contributed by atoms with Crippen LogP contribution in [-0.4, -0.2) is 16.1 Å². The average molecular weight is 328 g/mol. The van der Waals surface area contributed by atoms with Gasteiger partial charge in [-0.3, -0.25) is 10.1 Å². The van der Waals surface area contributed by atoms with Gasteiger partial charge in [0.2, 0.25) is 11.0 Å². The third-order valence-electron chi connectivity index (χ3n) is 2.31. The number of aryl methyl sites for hydroxylation is 1.